The Kier molecular flexibility index (Phi) is 4.59. The Balaban J connectivity index is 1.55. The molecule has 1 aromatic rings. The van der Waals surface area contributed by atoms with Crippen molar-refractivity contribution in [2.75, 3.05) is 44.2 Å². The summed E-state index contributed by atoms with van der Waals surface area (Å²) < 4.78 is 0. The third kappa shape index (κ3) is 3.52. The van der Waals surface area contributed by atoms with Crippen molar-refractivity contribution in [3.8, 4) is 0 Å². The summed E-state index contributed by atoms with van der Waals surface area (Å²) in [6, 6.07) is 3.27. The first-order chi connectivity index (χ1) is 11.1. The van der Waals surface area contributed by atoms with Gasteiger partial charge in [-0.2, -0.15) is 0 Å². The van der Waals surface area contributed by atoms with E-state index in [9.17, 15) is 14.9 Å². The Morgan fingerprint density at radius 2 is 1.65 bits per heavy atom. The maximum atomic E-state index is 12.5. The van der Waals surface area contributed by atoms with Gasteiger partial charge in [-0.25, -0.2) is 9.78 Å². The van der Waals surface area contributed by atoms with Crippen LogP contribution in [0.15, 0.2) is 18.3 Å². The zero-order valence-corrected chi connectivity index (χ0v) is 13.1. The quantitative estimate of drug-likeness (QED) is 0.612. The summed E-state index contributed by atoms with van der Waals surface area (Å²) in [4.78, 5) is 32.7. The lowest BCUT2D eigenvalue weighted by Gasteiger charge is -2.39. The van der Waals surface area contributed by atoms with Gasteiger partial charge in [-0.15, -0.1) is 0 Å². The molecule has 23 heavy (non-hydrogen) atoms. The van der Waals surface area contributed by atoms with Gasteiger partial charge in [-0.1, -0.05) is 0 Å². The molecule has 2 amide bonds. The molecule has 8 heteroatoms. The van der Waals surface area contributed by atoms with Crippen molar-refractivity contribution in [1.82, 2.24) is 14.8 Å². The Morgan fingerprint density at radius 1 is 1.00 bits per heavy atom. The van der Waals surface area contributed by atoms with Gasteiger partial charge in [0.1, 0.15) is 12.0 Å². The molecule has 2 aliphatic heterocycles. The summed E-state index contributed by atoms with van der Waals surface area (Å²) in [6.45, 7) is 4.45. The van der Waals surface area contributed by atoms with Gasteiger partial charge in [0.25, 0.3) is 5.69 Å². The number of piperidine rings is 1. The number of rotatable bonds is 2. The zero-order valence-electron chi connectivity index (χ0n) is 13.1. The van der Waals surface area contributed by atoms with Crippen LogP contribution in [0.3, 0.4) is 0 Å². The van der Waals surface area contributed by atoms with Crippen molar-refractivity contribution < 1.29 is 9.72 Å². The van der Waals surface area contributed by atoms with Crippen LogP contribution in [0.1, 0.15) is 19.3 Å². The Morgan fingerprint density at radius 3 is 2.22 bits per heavy atom. The van der Waals surface area contributed by atoms with Crippen LogP contribution >= 0.6 is 0 Å². The second-order valence-electron chi connectivity index (χ2n) is 5.94. The van der Waals surface area contributed by atoms with E-state index in [4.69, 9.17) is 0 Å². The summed E-state index contributed by atoms with van der Waals surface area (Å²) in [5.74, 6) is 0.723. The highest BCUT2D eigenvalue weighted by Crippen LogP contribution is 2.18. The highest BCUT2D eigenvalue weighted by Gasteiger charge is 2.26. The summed E-state index contributed by atoms with van der Waals surface area (Å²) >= 11 is 0. The van der Waals surface area contributed by atoms with Crippen LogP contribution < -0.4 is 4.90 Å². The summed E-state index contributed by atoms with van der Waals surface area (Å²) in [6.07, 6.45) is 4.68. The first kappa shape index (κ1) is 15.5. The number of hydrogen-bond acceptors (Lipinski definition) is 5. The number of carbonyl (C=O) groups excluding carboxylic acids is 1. The standard InChI is InChI=1S/C15H21N5O3/c21-15(18-6-2-1-3-7-18)19-10-8-17(9-11-19)14-5-4-13(12-16-14)20(22)23/h4-5,12H,1-3,6-11H2. The van der Waals surface area contributed by atoms with Crippen LogP contribution in [0.4, 0.5) is 16.3 Å². The van der Waals surface area contributed by atoms with Gasteiger partial charge < -0.3 is 14.7 Å². The van der Waals surface area contributed by atoms with Crippen molar-refractivity contribution >= 4 is 17.5 Å². The smallest absolute Gasteiger partial charge is 0.320 e. The summed E-state index contributed by atoms with van der Waals surface area (Å²) in [5, 5.41) is 10.7. The minimum absolute atomic E-state index is 0.00679. The van der Waals surface area contributed by atoms with Crippen LogP contribution in [0.5, 0.6) is 0 Å². The molecule has 1 aromatic heterocycles. The van der Waals surface area contributed by atoms with Crippen LogP contribution in [0.25, 0.3) is 0 Å². The highest BCUT2D eigenvalue weighted by atomic mass is 16.6. The molecule has 0 aliphatic carbocycles. The van der Waals surface area contributed by atoms with Crippen LogP contribution in [0, 0.1) is 10.1 Å². The lowest BCUT2D eigenvalue weighted by atomic mass is 10.1. The maximum absolute atomic E-state index is 12.5. The third-order valence-electron chi connectivity index (χ3n) is 4.44. The van der Waals surface area contributed by atoms with Crippen molar-refractivity contribution in [2.24, 2.45) is 0 Å². The number of aromatic nitrogens is 1. The molecule has 0 saturated carbocycles. The van der Waals surface area contributed by atoms with E-state index in [2.05, 4.69) is 9.88 Å². The van der Waals surface area contributed by atoms with Gasteiger partial charge in [0.05, 0.1) is 4.92 Å². The van der Waals surface area contributed by atoms with Gasteiger partial charge >= 0.3 is 6.03 Å². The number of carbonyl (C=O) groups is 1. The minimum atomic E-state index is -0.452. The summed E-state index contributed by atoms with van der Waals surface area (Å²) in [7, 11) is 0. The fraction of sp³-hybridized carbons (Fsp3) is 0.600. The fourth-order valence-electron chi connectivity index (χ4n) is 3.09. The van der Waals surface area contributed by atoms with E-state index in [-0.39, 0.29) is 11.7 Å². The molecule has 0 N–H and O–H groups in total. The molecule has 0 bridgehead atoms. The van der Waals surface area contributed by atoms with Crippen LogP contribution in [-0.2, 0) is 0 Å². The third-order valence-corrected chi connectivity index (χ3v) is 4.44. The lowest BCUT2D eigenvalue weighted by molar-refractivity contribution is -0.385. The molecule has 2 saturated heterocycles. The van der Waals surface area contributed by atoms with E-state index < -0.39 is 4.92 Å². The summed E-state index contributed by atoms with van der Waals surface area (Å²) in [5.41, 5.74) is -0.00679. The van der Waals surface area contributed by atoms with E-state index >= 15 is 0 Å². The molecule has 0 aromatic carbocycles. The second-order valence-corrected chi connectivity index (χ2v) is 5.94. The number of pyridine rings is 1. The van der Waals surface area contributed by atoms with E-state index in [1.54, 1.807) is 6.07 Å². The van der Waals surface area contributed by atoms with Crippen molar-refractivity contribution in [3.63, 3.8) is 0 Å². The number of nitro groups is 1. The van der Waals surface area contributed by atoms with Gasteiger partial charge in [0.15, 0.2) is 0 Å². The second kappa shape index (κ2) is 6.80. The Labute approximate surface area is 134 Å². The molecule has 3 heterocycles. The number of hydrogen-bond donors (Lipinski definition) is 0. The van der Waals surface area contributed by atoms with E-state index in [1.165, 1.54) is 18.7 Å². The van der Waals surface area contributed by atoms with Crippen molar-refractivity contribution in [3.05, 3.63) is 28.4 Å². The number of nitrogens with zero attached hydrogens (tertiary/aromatic N) is 5. The SMILES string of the molecule is O=C(N1CCCCC1)N1CCN(c2ccc([N+](=O)[O-])cn2)CC1. The lowest BCUT2D eigenvalue weighted by Crippen LogP contribution is -2.53. The molecular weight excluding hydrogens is 298 g/mol. The predicted octanol–water partition coefficient (Wildman–Crippen LogP) is 1.72. The predicted molar refractivity (Wildman–Crippen MR) is 85.5 cm³/mol. The molecule has 0 spiro atoms. The van der Waals surface area contributed by atoms with E-state index in [1.807, 2.05) is 9.80 Å². The molecule has 124 valence electrons. The average molecular weight is 319 g/mol. The van der Waals surface area contributed by atoms with Crippen molar-refractivity contribution in [2.45, 2.75) is 19.3 Å². The van der Waals surface area contributed by atoms with Crippen molar-refractivity contribution in [1.29, 1.82) is 0 Å². The molecule has 2 aliphatic rings. The van der Waals surface area contributed by atoms with Crippen LogP contribution in [-0.4, -0.2) is 65.0 Å². The average Bonchev–Trinajstić information content (AvgIpc) is 2.62. The fourth-order valence-corrected chi connectivity index (χ4v) is 3.09. The minimum Gasteiger partial charge on any atom is -0.353 e. The van der Waals surface area contributed by atoms with E-state index in [0.29, 0.717) is 26.2 Å². The van der Waals surface area contributed by atoms with Gasteiger partial charge in [-0.3, -0.25) is 10.1 Å². The Hall–Kier alpha value is -2.38. The molecule has 2 fully saturated rings. The molecule has 0 atom stereocenters. The maximum Gasteiger partial charge on any atom is 0.320 e. The topological polar surface area (TPSA) is 82.8 Å². The Bertz CT molecular complexity index is 563. The number of amides is 2. The largest absolute Gasteiger partial charge is 0.353 e. The van der Waals surface area contributed by atoms with Gasteiger partial charge in [0.2, 0.25) is 0 Å². The van der Waals surface area contributed by atoms with Gasteiger partial charge in [-0.05, 0) is 25.3 Å². The number of anilines is 1. The molecule has 0 unspecified atom stereocenters. The molecular formula is C15H21N5O3. The molecule has 8 nitrogen and oxygen atoms in total. The molecule has 0 radical (unpaired) electrons. The number of piperazine rings is 1. The monoisotopic (exact) mass is 319 g/mol. The van der Waals surface area contributed by atoms with Gasteiger partial charge in [0, 0.05) is 45.3 Å². The van der Waals surface area contributed by atoms with E-state index in [0.717, 1.165) is 31.7 Å². The molecule has 3 rings (SSSR count). The number of likely N-dealkylation sites (tertiary alicyclic amines) is 1. The number of urea groups is 1. The van der Waals surface area contributed by atoms with Crippen LogP contribution in [0.2, 0.25) is 0 Å². The zero-order chi connectivity index (χ0) is 16.2. The normalized spacial score (nSPS) is 18.9. The highest BCUT2D eigenvalue weighted by molar-refractivity contribution is 5.75. The first-order valence-corrected chi connectivity index (χ1v) is 8.04. The first-order valence-electron chi connectivity index (χ1n) is 8.04.